The van der Waals surface area contributed by atoms with E-state index in [0.717, 1.165) is 22.3 Å². The fraction of sp³-hybridized carbons (Fsp3) is 0.237. The molecular formula is C38H36Cl2N4O5. The Labute approximate surface area is 295 Å². The summed E-state index contributed by atoms with van der Waals surface area (Å²) < 4.78 is 12.4. The van der Waals surface area contributed by atoms with Gasteiger partial charge in [-0.3, -0.25) is 19.4 Å². The van der Waals surface area contributed by atoms with Crippen molar-refractivity contribution >= 4 is 57.4 Å². The van der Waals surface area contributed by atoms with Gasteiger partial charge in [0.25, 0.3) is 5.91 Å². The summed E-state index contributed by atoms with van der Waals surface area (Å²) in [7, 11) is 3.19. The van der Waals surface area contributed by atoms with Crippen LogP contribution in [0, 0.1) is 6.92 Å². The molecule has 0 saturated carbocycles. The van der Waals surface area contributed by atoms with Crippen molar-refractivity contribution in [1.29, 1.82) is 0 Å². The Balaban J connectivity index is 1.21. The molecule has 5 aromatic rings. The number of nitrogens with zero attached hydrogens (tertiary/aromatic N) is 3. The van der Waals surface area contributed by atoms with Crippen molar-refractivity contribution < 1.29 is 23.9 Å². The molecule has 2 amide bonds. The van der Waals surface area contributed by atoms with Gasteiger partial charge >= 0.3 is 0 Å². The summed E-state index contributed by atoms with van der Waals surface area (Å²) in [6.45, 7) is 2.21. The lowest BCUT2D eigenvalue weighted by atomic mass is 10.0. The highest BCUT2D eigenvalue weighted by Crippen LogP contribution is 2.37. The Morgan fingerprint density at radius 1 is 0.857 bits per heavy atom. The summed E-state index contributed by atoms with van der Waals surface area (Å²) in [4.78, 5) is 47.9. The maximum atomic E-state index is 13.1. The fourth-order valence-corrected chi connectivity index (χ4v) is 5.84. The molecule has 49 heavy (non-hydrogen) atoms. The molecule has 11 heteroatoms. The van der Waals surface area contributed by atoms with Crippen LogP contribution in [-0.4, -0.2) is 41.7 Å². The number of nitrogens with one attached hydrogen (secondary N) is 1. The number of ketones is 1. The van der Waals surface area contributed by atoms with Crippen molar-refractivity contribution in [3.8, 4) is 11.5 Å². The Morgan fingerprint density at radius 3 is 2.37 bits per heavy atom. The first kappa shape index (κ1) is 35.3. The van der Waals surface area contributed by atoms with Crippen molar-refractivity contribution in [3.63, 3.8) is 0 Å². The van der Waals surface area contributed by atoms with E-state index in [1.54, 1.807) is 44.6 Å². The minimum Gasteiger partial charge on any atom is -0.487 e. The Bertz CT molecular complexity index is 1970. The first-order valence-corrected chi connectivity index (χ1v) is 16.5. The third-order valence-corrected chi connectivity index (χ3v) is 8.80. The lowest BCUT2D eigenvalue weighted by molar-refractivity contribution is -0.123. The van der Waals surface area contributed by atoms with Gasteiger partial charge < -0.3 is 19.7 Å². The minimum absolute atomic E-state index is 0.0228. The molecule has 2 aromatic heterocycles. The number of rotatable bonds is 14. The van der Waals surface area contributed by atoms with Crippen molar-refractivity contribution in [2.45, 2.75) is 45.8 Å². The summed E-state index contributed by atoms with van der Waals surface area (Å²) in [6, 6.07) is 23.6. The average molecular weight is 700 g/mol. The van der Waals surface area contributed by atoms with Crippen LogP contribution in [0.3, 0.4) is 0 Å². The Hall–Kier alpha value is -4.99. The van der Waals surface area contributed by atoms with Gasteiger partial charge in [0.05, 0.1) is 16.4 Å². The molecule has 0 saturated heterocycles. The van der Waals surface area contributed by atoms with Crippen molar-refractivity contribution in [2.24, 2.45) is 0 Å². The van der Waals surface area contributed by atoms with Crippen LogP contribution in [-0.2, 0) is 29.2 Å². The Morgan fingerprint density at radius 2 is 1.63 bits per heavy atom. The summed E-state index contributed by atoms with van der Waals surface area (Å²) in [5.41, 5.74) is 4.65. The third kappa shape index (κ3) is 8.93. The molecule has 1 N–H and O–H groups in total. The fourth-order valence-electron chi connectivity index (χ4n) is 5.23. The molecule has 0 aliphatic rings. The number of carbonyl (C=O) groups excluding carboxylic acids is 3. The van der Waals surface area contributed by atoms with Crippen LogP contribution in [0.25, 0.3) is 10.9 Å². The predicted molar refractivity (Wildman–Crippen MR) is 192 cm³/mol. The summed E-state index contributed by atoms with van der Waals surface area (Å²) in [5, 5.41) is 4.02. The van der Waals surface area contributed by atoms with E-state index >= 15 is 0 Å². The average Bonchev–Trinajstić information content (AvgIpc) is 3.12. The lowest BCUT2D eigenvalue weighted by Crippen LogP contribution is -2.27. The number of Topliss-reactive ketones (excluding diaryl/α,β-unsaturated/α-hetero) is 1. The van der Waals surface area contributed by atoms with Crippen molar-refractivity contribution in [1.82, 2.24) is 15.3 Å². The number of halogens is 2. The summed E-state index contributed by atoms with van der Waals surface area (Å²) in [5.74, 6) is 0.725. The van der Waals surface area contributed by atoms with Gasteiger partial charge in [0, 0.05) is 72.9 Å². The highest BCUT2D eigenvalue weighted by atomic mass is 35.5. The highest BCUT2D eigenvalue weighted by molar-refractivity contribution is 6.38. The predicted octanol–water partition coefficient (Wildman–Crippen LogP) is 7.71. The van der Waals surface area contributed by atoms with Crippen LogP contribution in [0.15, 0.2) is 85.1 Å². The van der Waals surface area contributed by atoms with Gasteiger partial charge in [-0.2, -0.15) is 0 Å². The number of fused-ring (bicyclic) bond motifs is 1. The highest BCUT2D eigenvalue weighted by Gasteiger charge is 2.20. The van der Waals surface area contributed by atoms with Crippen LogP contribution in [0.1, 0.15) is 52.1 Å². The molecule has 0 fully saturated rings. The van der Waals surface area contributed by atoms with Crippen LogP contribution >= 0.6 is 23.2 Å². The molecule has 0 bridgehead atoms. The molecule has 252 valence electrons. The van der Waals surface area contributed by atoms with Crippen molar-refractivity contribution in [2.75, 3.05) is 19.0 Å². The van der Waals surface area contributed by atoms with Crippen molar-refractivity contribution in [3.05, 3.63) is 123 Å². The van der Waals surface area contributed by atoms with Crippen LogP contribution in [0.2, 0.25) is 10.0 Å². The minimum atomic E-state index is -0.258. The standard InChI is InChI=1S/C38H36Cl2N4O5/c1-24-21-34(48-22-27-7-4-5-20-42-27)29-8-6-9-33(37(29)43-24)49-23-30-31(39)17-18-32(36(30)40)44(3)35(46)19-16-28(45)15-12-25-10-13-26(14-11-25)38(47)41-2/h4-11,13-14,17-18,20-21H,12,15-16,19,22-23H2,1-3H3,(H,41,47). The molecule has 2 heterocycles. The zero-order valence-electron chi connectivity index (χ0n) is 27.5. The molecule has 0 atom stereocenters. The zero-order valence-corrected chi connectivity index (χ0v) is 29.0. The number of hydrogen-bond acceptors (Lipinski definition) is 7. The van der Waals surface area contributed by atoms with Gasteiger partial charge in [-0.05, 0) is 67.4 Å². The molecular weight excluding hydrogens is 663 g/mol. The number of carbonyl (C=O) groups is 3. The number of aryl methyl sites for hydroxylation is 2. The van der Waals surface area contributed by atoms with E-state index in [1.165, 1.54) is 4.90 Å². The summed E-state index contributed by atoms with van der Waals surface area (Å²) >= 11 is 13.4. The van der Waals surface area contributed by atoms with Gasteiger partial charge in [0.2, 0.25) is 5.91 Å². The van der Waals surface area contributed by atoms with E-state index in [9.17, 15) is 14.4 Å². The summed E-state index contributed by atoms with van der Waals surface area (Å²) in [6.07, 6.45) is 2.67. The van der Waals surface area contributed by atoms with E-state index in [0.29, 0.717) is 58.3 Å². The van der Waals surface area contributed by atoms with Crippen LogP contribution in [0.5, 0.6) is 11.5 Å². The first-order chi connectivity index (χ1) is 23.6. The zero-order chi connectivity index (χ0) is 34.9. The second kappa shape index (κ2) is 16.4. The molecule has 0 spiro atoms. The molecule has 5 rings (SSSR count). The lowest BCUT2D eigenvalue weighted by Gasteiger charge is -2.21. The number of hydrogen-bond donors (Lipinski definition) is 1. The van der Waals surface area contributed by atoms with E-state index in [4.69, 9.17) is 37.7 Å². The second-order valence-electron chi connectivity index (χ2n) is 11.4. The number of amides is 2. The van der Waals surface area contributed by atoms with Gasteiger partial charge in [0.1, 0.15) is 36.0 Å². The third-order valence-electron chi connectivity index (χ3n) is 8.02. The van der Waals surface area contributed by atoms with E-state index in [-0.39, 0.29) is 42.1 Å². The monoisotopic (exact) mass is 698 g/mol. The number of benzene rings is 3. The SMILES string of the molecule is CNC(=O)c1ccc(CCC(=O)CCC(=O)N(C)c2ccc(Cl)c(COc3cccc4c(OCc5ccccn5)cc(C)nc34)c2Cl)cc1. The number of ether oxygens (including phenoxy) is 2. The normalized spacial score (nSPS) is 10.9. The second-order valence-corrected chi connectivity index (χ2v) is 12.2. The van der Waals surface area contributed by atoms with E-state index in [2.05, 4.69) is 10.3 Å². The molecule has 0 radical (unpaired) electrons. The number of anilines is 1. The molecule has 0 unspecified atom stereocenters. The molecule has 0 aliphatic heterocycles. The van der Waals surface area contributed by atoms with E-state index in [1.807, 2.05) is 61.5 Å². The Kier molecular flexibility index (Phi) is 11.8. The van der Waals surface area contributed by atoms with Crippen LogP contribution in [0.4, 0.5) is 5.69 Å². The van der Waals surface area contributed by atoms with Gasteiger partial charge in [-0.1, -0.05) is 47.5 Å². The maximum absolute atomic E-state index is 13.1. The van der Waals surface area contributed by atoms with Crippen LogP contribution < -0.4 is 19.7 Å². The van der Waals surface area contributed by atoms with Gasteiger partial charge in [-0.15, -0.1) is 0 Å². The largest absolute Gasteiger partial charge is 0.487 e. The van der Waals surface area contributed by atoms with E-state index < -0.39 is 0 Å². The molecule has 0 aliphatic carbocycles. The number of pyridine rings is 2. The molecule has 3 aromatic carbocycles. The molecule has 9 nitrogen and oxygen atoms in total. The number of aromatic nitrogens is 2. The van der Waals surface area contributed by atoms with Gasteiger partial charge in [-0.25, -0.2) is 4.98 Å². The first-order valence-electron chi connectivity index (χ1n) is 15.8. The number of para-hydroxylation sites is 1. The maximum Gasteiger partial charge on any atom is 0.251 e. The van der Waals surface area contributed by atoms with Gasteiger partial charge in [0.15, 0.2) is 0 Å². The smallest absolute Gasteiger partial charge is 0.251 e. The quantitative estimate of drug-likeness (QED) is 0.126. The topological polar surface area (TPSA) is 111 Å².